The van der Waals surface area contributed by atoms with Crippen molar-refractivity contribution in [1.29, 1.82) is 0 Å². The van der Waals surface area contributed by atoms with E-state index in [9.17, 15) is 17.6 Å². The minimum atomic E-state index is -4.42. The fraction of sp³-hybridized carbons (Fsp3) is 0.294. The molecule has 7 heteroatoms. The standard InChI is InChI=1S/C17H19F4N3/c1-6-15(23-24(11(2)3)16(10-18)22-5)13-7-8-14(12(4)9-13)17(19,20)21/h6-9H,1-2,10H2,3-5H3/b22-16?,23-15+. The van der Waals surface area contributed by atoms with Gasteiger partial charge in [0.1, 0.15) is 6.67 Å². The second kappa shape index (κ2) is 7.90. The molecule has 0 bridgehead atoms. The van der Waals surface area contributed by atoms with Gasteiger partial charge in [-0.3, -0.25) is 4.99 Å². The molecule has 0 aliphatic heterocycles. The maximum absolute atomic E-state index is 13.0. The lowest BCUT2D eigenvalue weighted by Gasteiger charge is -2.20. The molecule has 0 N–H and O–H groups in total. The third kappa shape index (κ3) is 4.53. The van der Waals surface area contributed by atoms with Crippen LogP contribution in [-0.2, 0) is 6.18 Å². The number of aliphatic imine (C=N–C) groups is 1. The van der Waals surface area contributed by atoms with Gasteiger partial charge >= 0.3 is 6.18 Å². The van der Waals surface area contributed by atoms with E-state index in [0.717, 1.165) is 6.07 Å². The van der Waals surface area contributed by atoms with Gasteiger partial charge in [-0.1, -0.05) is 19.2 Å². The highest BCUT2D eigenvalue weighted by Crippen LogP contribution is 2.32. The first-order chi connectivity index (χ1) is 11.1. The van der Waals surface area contributed by atoms with Gasteiger partial charge < -0.3 is 0 Å². The molecule has 0 spiro atoms. The van der Waals surface area contributed by atoms with E-state index in [2.05, 4.69) is 23.3 Å². The van der Waals surface area contributed by atoms with Crippen LogP contribution in [0.2, 0.25) is 0 Å². The first-order valence-corrected chi connectivity index (χ1v) is 7.02. The monoisotopic (exact) mass is 341 g/mol. The van der Waals surface area contributed by atoms with E-state index in [1.807, 2.05) is 0 Å². The van der Waals surface area contributed by atoms with Crippen LogP contribution in [0.5, 0.6) is 0 Å². The molecule has 1 aromatic rings. The van der Waals surface area contributed by atoms with Crippen LogP contribution in [0.15, 0.2) is 53.2 Å². The molecule has 0 atom stereocenters. The zero-order chi connectivity index (χ0) is 18.5. The largest absolute Gasteiger partial charge is 0.416 e. The number of nitrogens with zero attached hydrogens (tertiary/aromatic N) is 3. The van der Waals surface area contributed by atoms with E-state index in [-0.39, 0.29) is 17.1 Å². The van der Waals surface area contributed by atoms with Crippen molar-refractivity contribution in [2.45, 2.75) is 20.0 Å². The molecule has 0 saturated heterocycles. The van der Waals surface area contributed by atoms with E-state index in [0.29, 0.717) is 11.3 Å². The summed E-state index contributed by atoms with van der Waals surface area (Å²) in [5.74, 6) is 0.0329. The summed E-state index contributed by atoms with van der Waals surface area (Å²) in [6, 6.07) is 3.64. The Morgan fingerprint density at radius 1 is 1.33 bits per heavy atom. The number of hydrogen-bond donors (Lipinski definition) is 0. The second-order valence-corrected chi connectivity index (χ2v) is 5.04. The number of amidine groups is 1. The topological polar surface area (TPSA) is 28.0 Å². The molecule has 0 aliphatic carbocycles. The van der Waals surface area contributed by atoms with Crippen LogP contribution >= 0.6 is 0 Å². The quantitative estimate of drug-likeness (QED) is 0.329. The Hall–Kier alpha value is -2.44. The first kappa shape index (κ1) is 19.6. The summed E-state index contributed by atoms with van der Waals surface area (Å²) in [6.45, 7) is 9.45. The smallest absolute Gasteiger partial charge is 0.272 e. The number of halogens is 4. The molecule has 0 aliphatic rings. The van der Waals surface area contributed by atoms with Gasteiger partial charge in [0.05, 0.1) is 11.3 Å². The van der Waals surface area contributed by atoms with Crippen molar-refractivity contribution in [2.75, 3.05) is 13.7 Å². The Balaban J connectivity index is 3.37. The third-order valence-electron chi connectivity index (χ3n) is 3.21. The van der Waals surface area contributed by atoms with Gasteiger partial charge in [-0.05, 0) is 37.6 Å². The van der Waals surface area contributed by atoms with Crippen LogP contribution in [-0.4, -0.2) is 30.3 Å². The molecule has 0 heterocycles. The fourth-order valence-corrected chi connectivity index (χ4v) is 2.04. The van der Waals surface area contributed by atoms with Crippen LogP contribution in [0, 0.1) is 6.92 Å². The van der Waals surface area contributed by atoms with Crippen LogP contribution < -0.4 is 0 Å². The molecule has 24 heavy (non-hydrogen) atoms. The highest BCUT2D eigenvalue weighted by Gasteiger charge is 2.32. The average Bonchev–Trinajstić information content (AvgIpc) is 2.49. The van der Waals surface area contributed by atoms with Crippen molar-refractivity contribution in [3.8, 4) is 0 Å². The van der Waals surface area contributed by atoms with Crippen LogP contribution in [0.25, 0.3) is 0 Å². The lowest BCUT2D eigenvalue weighted by molar-refractivity contribution is -0.138. The van der Waals surface area contributed by atoms with Gasteiger partial charge in [0.2, 0.25) is 0 Å². The van der Waals surface area contributed by atoms with Crippen molar-refractivity contribution in [2.24, 2.45) is 10.1 Å². The Bertz CT molecular complexity index is 688. The first-order valence-electron chi connectivity index (χ1n) is 7.02. The minimum Gasteiger partial charge on any atom is -0.272 e. The highest BCUT2D eigenvalue weighted by molar-refractivity contribution is 6.09. The Kier molecular flexibility index (Phi) is 6.45. The molecule has 1 aromatic carbocycles. The number of hydrazone groups is 1. The normalized spacial score (nSPS) is 13.0. The molecule has 0 aromatic heterocycles. The second-order valence-electron chi connectivity index (χ2n) is 5.04. The summed E-state index contributed by atoms with van der Waals surface area (Å²) in [5, 5.41) is 5.42. The summed E-state index contributed by atoms with van der Waals surface area (Å²) >= 11 is 0. The maximum Gasteiger partial charge on any atom is 0.416 e. The molecular formula is C17H19F4N3. The number of aryl methyl sites for hydroxylation is 1. The number of benzene rings is 1. The zero-order valence-electron chi connectivity index (χ0n) is 13.8. The van der Waals surface area contributed by atoms with Crippen molar-refractivity contribution in [3.05, 3.63) is 59.8 Å². The highest BCUT2D eigenvalue weighted by atomic mass is 19.4. The molecular weight excluding hydrogens is 322 g/mol. The fourth-order valence-electron chi connectivity index (χ4n) is 2.04. The number of alkyl halides is 4. The van der Waals surface area contributed by atoms with Gasteiger partial charge in [-0.25, -0.2) is 9.40 Å². The Morgan fingerprint density at radius 3 is 2.33 bits per heavy atom. The van der Waals surface area contributed by atoms with Crippen LogP contribution in [0.1, 0.15) is 23.6 Å². The van der Waals surface area contributed by atoms with E-state index >= 15 is 0 Å². The molecule has 0 fully saturated rings. The number of allylic oxidation sites excluding steroid dienone is 2. The lowest BCUT2D eigenvalue weighted by Crippen LogP contribution is -2.27. The van der Waals surface area contributed by atoms with Gasteiger partial charge in [0.25, 0.3) is 0 Å². The van der Waals surface area contributed by atoms with Crippen LogP contribution in [0.4, 0.5) is 17.6 Å². The van der Waals surface area contributed by atoms with E-state index in [1.54, 1.807) is 6.92 Å². The van der Waals surface area contributed by atoms with Crippen molar-refractivity contribution < 1.29 is 17.6 Å². The molecule has 0 unspecified atom stereocenters. The predicted octanol–water partition coefficient (Wildman–Crippen LogP) is 4.74. The maximum atomic E-state index is 13.0. The van der Waals surface area contributed by atoms with E-state index in [4.69, 9.17) is 0 Å². The summed E-state index contributed by atoms with van der Waals surface area (Å²) < 4.78 is 51.6. The molecule has 1 rings (SSSR count). The predicted molar refractivity (Wildman–Crippen MR) is 88.9 cm³/mol. The number of hydrogen-bond acceptors (Lipinski definition) is 2. The summed E-state index contributed by atoms with van der Waals surface area (Å²) in [6.07, 6.45) is -3.04. The molecule has 130 valence electrons. The molecule has 3 nitrogen and oxygen atoms in total. The number of rotatable bonds is 5. The van der Waals surface area contributed by atoms with Crippen molar-refractivity contribution in [1.82, 2.24) is 5.01 Å². The summed E-state index contributed by atoms with van der Waals surface area (Å²) in [4.78, 5) is 3.79. The molecule has 0 radical (unpaired) electrons. The zero-order valence-corrected chi connectivity index (χ0v) is 13.8. The van der Waals surface area contributed by atoms with Gasteiger partial charge in [0, 0.05) is 18.3 Å². The van der Waals surface area contributed by atoms with Gasteiger partial charge in [0.15, 0.2) is 5.84 Å². The van der Waals surface area contributed by atoms with Gasteiger partial charge in [-0.2, -0.15) is 18.3 Å². The summed E-state index contributed by atoms with van der Waals surface area (Å²) in [5.41, 5.74) is 0.467. The lowest BCUT2D eigenvalue weighted by atomic mass is 10.0. The SMILES string of the molecule is C=C/C(=N\N(C(=C)C)C(CF)=NC)c1ccc(C(F)(F)F)c(C)c1. The molecule has 0 saturated carbocycles. The summed E-state index contributed by atoms with van der Waals surface area (Å²) in [7, 11) is 1.41. The van der Waals surface area contributed by atoms with Crippen LogP contribution in [0.3, 0.4) is 0 Å². The van der Waals surface area contributed by atoms with E-state index in [1.165, 1.54) is 37.2 Å². The molecule has 0 amide bonds. The average molecular weight is 341 g/mol. The Morgan fingerprint density at radius 2 is 1.96 bits per heavy atom. The van der Waals surface area contributed by atoms with Gasteiger partial charge in [-0.15, -0.1) is 0 Å². The minimum absolute atomic E-state index is 0.0329. The Labute approximate surface area is 138 Å². The van der Waals surface area contributed by atoms with E-state index < -0.39 is 18.4 Å². The van der Waals surface area contributed by atoms with Crippen molar-refractivity contribution >= 4 is 11.5 Å². The third-order valence-corrected chi connectivity index (χ3v) is 3.21. The van der Waals surface area contributed by atoms with Crippen molar-refractivity contribution in [3.63, 3.8) is 0 Å².